The maximum Gasteiger partial charge on any atom is 0.189 e. The highest BCUT2D eigenvalue weighted by Crippen LogP contribution is 2.20. The number of rotatable bonds is 0. The molecule has 72 valence electrons. The molecule has 0 radical (unpaired) electrons. The maximum atomic E-state index is 11.6. The van der Waals surface area contributed by atoms with Crippen LogP contribution in [-0.2, 0) is 0 Å². The molecule has 1 heterocycles. The Labute approximate surface area is 86.5 Å². The van der Waals surface area contributed by atoms with Gasteiger partial charge in [0.05, 0.1) is 5.52 Å². The fourth-order valence-electron chi connectivity index (χ4n) is 1.51. The minimum Gasteiger partial charge on any atom is -0.358 e. The highest BCUT2D eigenvalue weighted by atomic mass is 35.5. The van der Waals surface area contributed by atoms with Gasteiger partial charge in [-0.25, -0.2) is 0 Å². The molecule has 1 N–H and O–H groups in total. The van der Waals surface area contributed by atoms with E-state index in [2.05, 4.69) is 4.98 Å². The van der Waals surface area contributed by atoms with Crippen molar-refractivity contribution in [2.75, 3.05) is 0 Å². The van der Waals surface area contributed by atoms with Crippen molar-refractivity contribution in [3.8, 4) is 0 Å². The number of aromatic amines is 1. The second-order valence-corrected chi connectivity index (χ2v) is 3.87. The Kier molecular flexibility index (Phi) is 2.08. The molecule has 0 aliphatic carbocycles. The Morgan fingerprint density at radius 2 is 1.93 bits per heavy atom. The molecular formula is C11H10ClNO. The van der Waals surface area contributed by atoms with Crippen LogP contribution in [0.1, 0.15) is 11.3 Å². The van der Waals surface area contributed by atoms with Gasteiger partial charge in [-0.15, -0.1) is 0 Å². The van der Waals surface area contributed by atoms with E-state index in [1.54, 1.807) is 12.1 Å². The van der Waals surface area contributed by atoms with E-state index in [9.17, 15) is 4.79 Å². The number of nitrogens with one attached hydrogen (secondary N) is 1. The van der Waals surface area contributed by atoms with Crippen LogP contribution in [0.15, 0.2) is 23.0 Å². The zero-order valence-electron chi connectivity index (χ0n) is 8.02. The van der Waals surface area contributed by atoms with Gasteiger partial charge in [0.1, 0.15) is 0 Å². The molecule has 0 atom stereocenters. The Bertz CT molecular complexity index is 557. The molecule has 0 spiro atoms. The van der Waals surface area contributed by atoms with Gasteiger partial charge >= 0.3 is 0 Å². The van der Waals surface area contributed by atoms with Crippen molar-refractivity contribution in [3.63, 3.8) is 0 Å². The summed E-state index contributed by atoms with van der Waals surface area (Å²) in [6, 6.07) is 5.20. The van der Waals surface area contributed by atoms with Crippen LogP contribution in [0.3, 0.4) is 0 Å². The summed E-state index contributed by atoms with van der Waals surface area (Å²) >= 11 is 5.97. The predicted octanol–water partition coefficient (Wildman–Crippen LogP) is 2.80. The molecule has 2 aromatic rings. The van der Waals surface area contributed by atoms with E-state index >= 15 is 0 Å². The van der Waals surface area contributed by atoms with Crippen LogP contribution >= 0.6 is 11.6 Å². The minimum atomic E-state index is 0.0380. The predicted molar refractivity (Wildman–Crippen MR) is 59.1 cm³/mol. The third-order valence-electron chi connectivity index (χ3n) is 2.24. The summed E-state index contributed by atoms with van der Waals surface area (Å²) in [7, 11) is 0. The van der Waals surface area contributed by atoms with Crippen LogP contribution in [0.2, 0.25) is 5.02 Å². The largest absolute Gasteiger partial charge is 0.358 e. The molecular weight excluding hydrogens is 198 g/mol. The monoisotopic (exact) mass is 207 g/mol. The number of hydrogen-bond donors (Lipinski definition) is 1. The van der Waals surface area contributed by atoms with E-state index < -0.39 is 0 Å². The summed E-state index contributed by atoms with van der Waals surface area (Å²) in [5.41, 5.74) is 2.61. The summed E-state index contributed by atoms with van der Waals surface area (Å²) < 4.78 is 0. The van der Waals surface area contributed by atoms with Crippen LogP contribution in [0.4, 0.5) is 0 Å². The second kappa shape index (κ2) is 3.14. The molecule has 0 aliphatic rings. The summed E-state index contributed by atoms with van der Waals surface area (Å²) in [4.78, 5) is 14.7. The average molecular weight is 208 g/mol. The lowest BCUT2D eigenvalue weighted by atomic mass is 10.1. The van der Waals surface area contributed by atoms with Crippen LogP contribution in [0, 0.1) is 13.8 Å². The van der Waals surface area contributed by atoms with Gasteiger partial charge in [-0.3, -0.25) is 4.79 Å². The van der Waals surface area contributed by atoms with Crippen LogP contribution in [-0.4, -0.2) is 4.98 Å². The smallest absolute Gasteiger partial charge is 0.189 e. The lowest BCUT2D eigenvalue weighted by molar-refractivity contribution is 1.24. The Morgan fingerprint density at radius 3 is 2.64 bits per heavy atom. The third kappa shape index (κ3) is 1.42. The number of halogens is 1. The van der Waals surface area contributed by atoms with Crippen molar-refractivity contribution in [1.29, 1.82) is 0 Å². The van der Waals surface area contributed by atoms with Crippen LogP contribution in [0.25, 0.3) is 10.9 Å². The van der Waals surface area contributed by atoms with Gasteiger partial charge in [0.15, 0.2) is 5.43 Å². The highest BCUT2D eigenvalue weighted by molar-refractivity contribution is 6.32. The first-order chi connectivity index (χ1) is 6.58. The molecule has 0 amide bonds. The first kappa shape index (κ1) is 9.28. The number of pyridine rings is 1. The molecule has 3 heteroatoms. The third-order valence-corrected chi connectivity index (χ3v) is 2.65. The first-order valence-corrected chi connectivity index (χ1v) is 4.75. The molecule has 0 unspecified atom stereocenters. The lowest BCUT2D eigenvalue weighted by Gasteiger charge is -2.03. The summed E-state index contributed by atoms with van der Waals surface area (Å²) in [6.07, 6.45) is 0. The molecule has 2 rings (SSSR count). The van der Waals surface area contributed by atoms with Crippen molar-refractivity contribution in [2.24, 2.45) is 0 Å². The molecule has 1 aromatic heterocycles. The Hall–Kier alpha value is -1.28. The maximum absolute atomic E-state index is 11.6. The summed E-state index contributed by atoms with van der Waals surface area (Å²) in [6.45, 7) is 3.75. The van der Waals surface area contributed by atoms with Crippen molar-refractivity contribution >= 4 is 22.5 Å². The van der Waals surface area contributed by atoms with Gasteiger partial charge in [0, 0.05) is 22.2 Å². The molecule has 0 bridgehead atoms. The Balaban J connectivity index is 2.96. The fourth-order valence-corrected chi connectivity index (χ4v) is 1.68. The Morgan fingerprint density at radius 1 is 1.21 bits per heavy atom. The lowest BCUT2D eigenvalue weighted by Crippen LogP contribution is -2.03. The van der Waals surface area contributed by atoms with E-state index in [0.29, 0.717) is 10.4 Å². The van der Waals surface area contributed by atoms with Crippen molar-refractivity contribution in [2.45, 2.75) is 13.8 Å². The standard InChI is InChI=1S/C11H10ClNO/c1-6-3-8-10(5-9(6)12)13-7(2)4-11(8)14/h3-5H,1-2H3,(H,13,14). The van der Waals surface area contributed by atoms with E-state index in [1.807, 2.05) is 19.9 Å². The van der Waals surface area contributed by atoms with E-state index in [4.69, 9.17) is 11.6 Å². The van der Waals surface area contributed by atoms with E-state index in [1.165, 1.54) is 0 Å². The van der Waals surface area contributed by atoms with Crippen molar-refractivity contribution < 1.29 is 0 Å². The summed E-state index contributed by atoms with van der Waals surface area (Å²) in [5, 5.41) is 1.37. The minimum absolute atomic E-state index is 0.0380. The molecule has 0 fully saturated rings. The van der Waals surface area contributed by atoms with Gasteiger partial charge in [-0.05, 0) is 31.5 Å². The van der Waals surface area contributed by atoms with E-state index in [-0.39, 0.29) is 5.43 Å². The molecule has 0 aliphatic heterocycles. The average Bonchev–Trinajstić information content (AvgIpc) is 2.08. The number of hydrogen-bond acceptors (Lipinski definition) is 1. The first-order valence-electron chi connectivity index (χ1n) is 4.38. The fraction of sp³-hybridized carbons (Fsp3) is 0.182. The van der Waals surface area contributed by atoms with E-state index in [0.717, 1.165) is 16.8 Å². The van der Waals surface area contributed by atoms with Gasteiger partial charge in [0.2, 0.25) is 0 Å². The quantitative estimate of drug-likeness (QED) is 0.708. The number of benzene rings is 1. The van der Waals surface area contributed by atoms with Crippen molar-refractivity contribution in [1.82, 2.24) is 4.98 Å². The highest BCUT2D eigenvalue weighted by Gasteiger charge is 2.03. The second-order valence-electron chi connectivity index (χ2n) is 3.46. The number of H-pyrrole nitrogens is 1. The number of aryl methyl sites for hydroxylation is 2. The van der Waals surface area contributed by atoms with Gasteiger partial charge < -0.3 is 4.98 Å². The molecule has 0 saturated carbocycles. The van der Waals surface area contributed by atoms with Gasteiger partial charge in [0.25, 0.3) is 0 Å². The number of aromatic nitrogens is 1. The van der Waals surface area contributed by atoms with Crippen LogP contribution < -0.4 is 5.43 Å². The zero-order valence-corrected chi connectivity index (χ0v) is 8.77. The van der Waals surface area contributed by atoms with Crippen molar-refractivity contribution in [3.05, 3.63) is 44.7 Å². The molecule has 2 nitrogen and oxygen atoms in total. The zero-order chi connectivity index (χ0) is 10.3. The summed E-state index contributed by atoms with van der Waals surface area (Å²) in [5.74, 6) is 0. The van der Waals surface area contributed by atoms with Crippen LogP contribution in [0.5, 0.6) is 0 Å². The van der Waals surface area contributed by atoms with Gasteiger partial charge in [-0.2, -0.15) is 0 Å². The number of fused-ring (bicyclic) bond motifs is 1. The normalized spacial score (nSPS) is 10.8. The SMILES string of the molecule is Cc1cc(=O)c2cc(C)c(Cl)cc2[nH]1. The molecule has 0 saturated heterocycles. The molecule has 14 heavy (non-hydrogen) atoms. The topological polar surface area (TPSA) is 32.9 Å². The van der Waals surface area contributed by atoms with Gasteiger partial charge in [-0.1, -0.05) is 11.6 Å². The molecule has 1 aromatic carbocycles.